The molecule has 0 spiro atoms. The number of carbonyl (C=O) groups excluding carboxylic acids is 1. The molecule has 4 rings (SSSR count). The molecule has 0 amide bonds. The predicted molar refractivity (Wildman–Crippen MR) is 151 cm³/mol. The van der Waals surface area contributed by atoms with E-state index in [0.717, 1.165) is 4.68 Å². The zero-order valence-corrected chi connectivity index (χ0v) is 26.4. The van der Waals surface area contributed by atoms with E-state index in [1.807, 2.05) is 33.9 Å². The van der Waals surface area contributed by atoms with Crippen LogP contribution in [0.1, 0.15) is 59.3 Å². The highest BCUT2D eigenvalue weighted by molar-refractivity contribution is 6.74. The number of hydrogen-bond donors (Lipinski definition) is 0. The van der Waals surface area contributed by atoms with E-state index in [2.05, 4.69) is 20.5 Å². The molecule has 0 aliphatic heterocycles. The number of pyridine rings is 1. The van der Waals surface area contributed by atoms with E-state index in [-0.39, 0.29) is 45.3 Å². The van der Waals surface area contributed by atoms with Crippen LogP contribution >= 0.6 is 23.2 Å². The molecule has 0 N–H and O–H groups in total. The number of nitrogens with zero attached hydrogens (tertiary/aromatic N) is 5. The van der Waals surface area contributed by atoms with Gasteiger partial charge >= 0.3 is 12.4 Å². The summed E-state index contributed by atoms with van der Waals surface area (Å²) in [6.07, 6.45) is -7.32. The number of halogens is 8. The Labute approximate surface area is 258 Å². The largest absolute Gasteiger partial charge is 0.416 e. The zero-order valence-electron chi connectivity index (χ0n) is 23.9. The molecule has 44 heavy (non-hydrogen) atoms. The highest BCUT2D eigenvalue weighted by atomic mass is 35.5. The van der Waals surface area contributed by atoms with Crippen LogP contribution < -0.4 is 0 Å². The fraction of sp³-hybridized carbons (Fsp3) is 0.370. The smallest absolute Gasteiger partial charge is 0.409 e. The Morgan fingerprint density at radius 2 is 1.64 bits per heavy atom. The first-order valence-electron chi connectivity index (χ1n) is 12.8. The van der Waals surface area contributed by atoms with Crippen LogP contribution in [0.25, 0.3) is 11.3 Å². The van der Waals surface area contributed by atoms with Gasteiger partial charge in [-0.3, -0.25) is 9.78 Å². The normalized spacial score (nSPS) is 13.0. The first kappa shape index (κ1) is 33.6. The Bertz CT molecular complexity index is 1660. The maximum absolute atomic E-state index is 13.9. The van der Waals surface area contributed by atoms with Gasteiger partial charge in [-0.05, 0) is 48.0 Å². The monoisotopic (exact) mass is 679 g/mol. The van der Waals surface area contributed by atoms with Crippen molar-refractivity contribution in [1.82, 2.24) is 25.1 Å². The molecule has 17 heteroatoms. The third-order valence-electron chi connectivity index (χ3n) is 7.25. The van der Waals surface area contributed by atoms with Gasteiger partial charge in [0.05, 0.1) is 34.9 Å². The summed E-state index contributed by atoms with van der Waals surface area (Å²) in [5.41, 5.74) is -3.77. The lowest BCUT2D eigenvalue weighted by molar-refractivity contribution is -0.143. The summed E-state index contributed by atoms with van der Waals surface area (Å²) in [6, 6.07) is 2.55. The van der Waals surface area contributed by atoms with Crippen molar-refractivity contribution in [2.24, 2.45) is 0 Å². The van der Waals surface area contributed by atoms with Gasteiger partial charge in [0.15, 0.2) is 24.9 Å². The van der Waals surface area contributed by atoms with Gasteiger partial charge < -0.3 is 8.95 Å². The molecule has 3 heterocycles. The van der Waals surface area contributed by atoms with Crippen LogP contribution in [0.15, 0.2) is 41.2 Å². The molecule has 0 aliphatic carbocycles. The number of rotatable bonds is 8. The van der Waals surface area contributed by atoms with Crippen LogP contribution in [-0.2, 0) is 29.9 Å². The van der Waals surface area contributed by atoms with Crippen molar-refractivity contribution < 1.29 is 40.1 Å². The Kier molecular flexibility index (Phi) is 9.10. The number of hydrogen-bond acceptors (Lipinski definition) is 7. The minimum Gasteiger partial charge on any atom is -0.409 e. The molecular weight excluding hydrogens is 655 g/mol. The van der Waals surface area contributed by atoms with Gasteiger partial charge in [-0.2, -0.15) is 26.3 Å². The second kappa shape index (κ2) is 11.9. The molecule has 0 atom stereocenters. The molecule has 0 radical (unpaired) electrons. The van der Waals surface area contributed by atoms with Gasteiger partial charge in [0.1, 0.15) is 5.69 Å². The van der Waals surface area contributed by atoms with Crippen molar-refractivity contribution in [3.63, 3.8) is 0 Å². The van der Waals surface area contributed by atoms with Crippen molar-refractivity contribution in [2.75, 3.05) is 0 Å². The SMILES string of the molecule is CC(C)(C)[Si](C)(C)OCc1onc(-c2cnccc2Cl)c1C(=O)c1nnn(Cc2cc(C(F)(F)F)cc(C(F)(F)F)c2)c1Cl. The molecule has 3 aromatic heterocycles. The lowest BCUT2D eigenvalue weighted by Gasteiger charge is -2.35. The fourth-order valence-corrected chi connectivity index (χ4v) is 5.14. The average molecular weight is 681 g/mol. The first-order chi connectivity index (χ1) is 20.2. The van der Waals surface area contributed by atoms with E-state index < -0.39 is 60.5 Å². The molecule has 1 aromatic carbocycles. The molecule has 8 nitrogen and oxygen atoms in total. The maximum atomic E-state index is 13.9. The average Bonchev–Trinajstić information content (AvgIpc) is 3.49. The Hall–Kier alpha value is -3.27. The highest BCUT2D eigenvalue weighted by Gasteiger charge is 2.39. The third kappa shape index (κ3) is 7.00. The molecule has 0 fully saturated rings. The summed E-state index contributed by atoms with van der Waals surface area (Å²) in [4.78, 5) is 17.9. The summed E-state index contributed by atoms with van der Waals surface area (Å²) in [5.74, 6) is -0.820. The summed E-state index contributed by atoms with van der Waals surface area (Å²) in [6.45, 7) is 9.23. The van der Waals surface area contributed by atoms with E-state index in [0.29, 0.717) is 12.1 Å². The van der Waals surface area contributed by atoms with Crippen molar-refractivity contribution >= 4 is 37.3 Å². The Balaban J connectivity index is 1.76. The Morgan fingerprint density at radius 1 is 1.02 bits per heavy atom. The van der Waals surface area contributed by atoms with Crippen LogP contribution in [0.3, 0.4) is 0 Å². The number of aromatic nitrogens is 5. The van der Waals surface area contributed by atoms with Gasteiger partial charge in [-0.1, -0.05) is 54.3 Å². The molecular formula is C27H25Cl2F6N5O3Si. The first-order valence-corrected chi connectivity index (χ1v) is 16.5. The number of benzene rings is 1. The summed E-state index contributed by atoms with van der Waals surface area (Å²) < 4.78 is 92.7. The second-order valence-corrected chi connectivity index (χ2v) is 16.9. The standard InChI is InChI=1S/C27H25Cl2F6N5O3Si/c1-25(2,3)44(4,5)42-13-19-20(21(38-43-19)17-11-36-7-6-18(17)28)23(41)22-24(29)40(39-37-22)12-14-8-15(26(30,31)32)10-16(9-14)27(33,34)35/h6-11H,12-13H2,1-5H3. The van der Waals surface area contributed by atoms with Gasteiger partial charge in [0.2, 0.25) is 5.78 Å². The third-order valence-corrected chi connectivity index (χ3v) is 12.4. The molecule has 0 unspecified atom stereocenters. The van der Waals surface area contributed by atoms with E-state index in [1.165, 1.54) is 18.5 Å². The van der Waals surface area contributed by atoms with Crippen molar-refractivity contribution in [1.29, 1.82) is 0 Å². The van der Waals surface area contributed by atoms with E-state index >= 15 is 0 Å². The van der Waals surface area contributed by atoms with E-state index in [1.54, 1.807) is 0 Å². The maximum Gasteiger partial charge on any atom is 0.416 e. The lowest BCUT2D eigenvalue weighted by Crippen LogP contribution is -2.40. The molecule has 4 aromatic rings. The fourth-order valence-electron chi connectivity index (χ4n) is 3.80. The van der Waals surface area contributed by atoms with Gasteiger partial charge in [0.25, 0.3) is 0 Å². The van der Waals surface area contributed by atoms with Crippen LogP contribution in [0.5, 0.6) is 0 Å². The summed E-state index contributed by atoms with van der Waals surface area (Å²) in [5, 5.41) is 11.1. The van der Waals surface area contributed by atoms with E-state index in [4.69, 9.17) is 32.2 Å². The van der Waals surface area contributed by atoms with Crippen LogP contribution in [0.4, 0.5) is 26.3 Å². The predicted octanol–water partition coefficient (Wildman–Crippen LogP) is 8.47. The number of carbonyl (C=O) groups is 1. The molecule has 0 saturated carbocycles. The summed E-state index contributed by atoms with van der Waals surface area (Å²) in [7, 11) is -2.35. The molecule has 0 bridgehead atoms. The summed E-state index contributed by atoms with van der Waals surface area (Å²) >= 11 is 12.7. The highest BCUT2D eigenvalue weighted by Crippen LogP contribution is 2.39. The number of alkyl halides is 6. The quantitative estimate of drug-likeness (QED) is 0.105. The van der Waals surface area contributed by atoms with E-state index in [9.17, 15) is 31.1 Å². The minimum atomic E-state index is -5.05. The Morgan fingerprint density at radius 3 is 2.18 bits per heavy atom. The van der Waals surface area contributed by atoms with Gasteiger partial charge in [0, 0.05) is 18.0 Å². The molecule has 0 saturated heterocycles. The minimum absolute atomic E-state index is 0.000227. The number of ketones is 1. The second-order valence-electron chi connectivity index (χ2n) is 11.4. The zero-order chi connectivity index (χ0) is 32.8. The van der Waals surface area contributed by atoms with Crippen molar-refractivity contribution in [3.05, 3.63) is 80.5 Å². The lowest BCUT2D eigenvalue weighted by atomic mass is 10.0. The van der Waals surface area contributed by atoms with Gasteiger partial charge in [-0.25, -0.2) is 4.68 Å². The van der Waals surface area contributed by atoms with Crippen LogP contribution in [-0.4, -0.2) is 39.2 Å². The molecule has 236 valence electrons. The van der Waals surface area contributed by atoms with Crippen LogP contribution in [0, 0.1) is 0 Å². The molecule has 0 aliphatic rings. The van der Waals surface area contributed by atoms with Crippen molar-refractivity contribution in [2.45, 2.75) is 64.4 Å². The topological polar surface area (TPSA) is 95.9 Å². The van der Waals surface area contributed by atoms with Gasteiger partial charge in [-0.15, -0.1) is 5.10 Å². The van der Waals surface area contributed by atoms with Crippen molar-refractivity contribution in [3.8, 4) is 11.3 Å². The van der Waals surface area contributed by atoms with Crippen LogP contribution in [0.2, 0.25) is 28.3 Å².